The number of rotatable bonds is 6. The van der Waals surface area contributed by atoms with Crippen LogP contribution in [0.1, 0.15) is 24.3 Å². The summed E-state index contributed by atoms with van der Waals surface area (Å²) >= 11 is 0. The highest BCUT2D eigenvalue weighted by atomic mass is 19.2. The molecule has 0 aliphatic rings. The number of hydrogen-bond donors (Lipinski definition) is 2. The highest BCUT2D eigenvalue weighted by Gasteiger charge is 2.25. The van der Waals surface area contributed by atoms with Gasteiger partial charge in [0.1, 0.15) is 5.82 Å². The fourth-order valence-corrected chi connectivity index (χ4v) is 1.88. The maximum Gasteiger partial charge on any atom is 0.304 e. The van der Waals surface area contributed by atoms with Crippen molar-refractivity contribution in [3.05, 3.63) is 47.8 Å². The van der Waals surface area contributed by atoms with E-state index >= 15 is 0 Å². The fourth-order valence-electron chi connectivity index (χ4n) is 1.88. The number of carboxylic acid groups (broad SMARTS) is 1. The second-order valence-corrected chi connectivity index (χ2v) is 4.18. The van der Waals surface area contributed by atoms with Crippen LogP contribution in [0.15, 0.2) is 24.8 Å². The number of aliphatic carboxylic acids is 1. The summed E-state index contributed by atoms with van der Waals surface area (Å²) in [5.74, 6) is -5.38. The molecule has 0 radical (unpaired) electrons. The molecule has 0 aliphatic carbocycles. The van der Waals surface area contributed by atoms with E-state index in [1.807, 2.05) is 0 Å². The Bertz CT molecular complexity index is 491. The Kier molecular flexibility index (Phi) is 5.11. The Balaban J connectivity index is 3.14. The quantitative estimate of drug-likeness (QED) is 0.618. The Morgan fingerprint density at radius 3 is 2.42 bits per heavy atom. The van der Waals surface area contributed by atoms with Crippen molar-refractivity contribution in [2.75, 3.05) is 0 Å². The lowest BCUT2D eigenvalue weighted by Crippen LogP contribution is -2.31. The summed E-state index contributed by atoms with van der Waals surface area (Å²) in [6, 6.07) is 0.212. The van der Waals surface area contributed by atoms with Crippen LogP contribution in [0, 0.1) is 17.5 Å². The van der Waals surface area contributed by atoms with Gasteiger partial charge < -0.3 is 10.8 Å². The molecule has 2 unspecified atom stereocenters. The molecule has 0 spiro atoms. The van der Waals surface area contributed by atoms with Gasteiger partial charge in [-0.05, 0) is 18.1 Å². The molecule has 1 rings (SSSR count). The minimum absolute atomic E-state index is 0.146. The first-order chi connectivity index (χ1) is 8.86. The van der Waals surface area contributed by atoms with E-state index in [0.717, 1.165) is 0 Å². The molecule has 3 nitrogen and oxygen atoms in total. The summed E-state index contributed by atoms with van der Waals surface area (Å²) < 4.78 is 39.7. The fraction of sp³-hybridized carbons (Fsp3) is 0.308. The average Bonchev–Trinajstić information content (AvgIpc) is 2.30. The monoisotopic (exact) mass is 273 g/mol. The third kappa shape index (κ3) is 3.82. The van der Waals surface area contributed by atoms with Crippen LogP contribution in [0.25, 0.3) is 0 Å². The zero-order valence-electron chi connectivity index (χ0n) is 10.1. The molecule has 6 heteroatoms. The van der Waals surface area contributed by atoms with Gasteiger partial charge in [-0.3, -0.25) is 4.79 Å². The van der Waals surface area contributed by atoms with Crippen LogP contribution < -0.4 is 5.73 Å². The molecule has 0 amide bonds. The van der Waals surface area contributed by atoms with Crippen molar-refractivity contribution in [3.8, 4) is 0 Å². The molecular formula is C13H14F3NO2. The largest absolute Gasteiger partial charge is 0.481 e. The van der Waals surface area contributed by atoms with Crippen molar-refractivity contribution in [2.24, 2.45) is 5.73 Å². The minimum Gasteiger partial charge on any atom is -0.481 e. The van der Waals surface area contributed by atoms with Crippen LogP contribution in [0.4, 0.5) is 13.2 Å². The summed E-state index contributed by atoms with van der Waals surface area (Å²) in [5, 5.41) is 8.68. The van der Waals surface area contributed by atoms with Crippen molar-refractivity contribution < 1.29 is 23.1 Å². The van der Waals surface area contributed by atoms with Crippen molar-refractivity contribution in [1.82, 2.24) is 0 Å². The van der Waals surface area contributed by atoms with Crippen molar-refractivity contribution in [3.63, 3.8) is 0 Å². The van der Waals surface area contributed by atoms with Gasteiger partial charge in [0.2, 0.25) is 0 Å². The van der Waals surface area contributed by atoms with E-state index in [2.05, 4.69) is 6.58 Å². The van der Waals surface area contributed by atoms with E-state index in [1.54, 1.807) is 0 Å². The zero-order chi connectivity index (χ0) is 14.6. The van der Waals surface area contributed by atoms with Gasteiger partial charge in [-0.2, -0.15) is 0 Å². The molecule has 3 N–H and O–H groups in total. The SMILES string of the molecule is C=CCC(c1cc(F)c(F)cc1F)C(N)CC(=O)O. The van der Waals surface area contributed by atoms with Gasteiger partial charge in [0, 0.05) is 18.0 Å². The van der Waals surface area contributed by atoms with Crippen LogP contribution in [-0.2, 0) is 4.79 Å². The summed E-state index contributed by atoms with van der Waals surface area (Å²) in [7, 11) is 0. The highest BCUT2D eigenvalue weighted by Crippen LogP contribution is 2.28. The summed E-state index contributed by atoms with van der Waals surface area (Å²) in [5.41, 5.74) is 5.54. The third-order valence-electron chi connectivity index (χ3n) is 2.79. The second-order valence-electron chi connectivity index (χ2n) is 4.18. The summed E-state index contributed by atoms with van der Waals surface area (Å²) in [6.45, 7) is 3.46. The first-order valence-corrected chi connectivity index (χ1v) is 5.59. The topological polar surface area (TPSA) is 63.3 Å². The third-order valence-corrected chi connectivity index (χ3v) is 2.79. The number of benzene rings is 1. The number of allylic oxidation sites excluding steroid dienone is 1. The Hall–Kier alpha value is -1.82. The molecule has 0 bridgehead atoms. The van der Waals surface area contributed by atoms with Crippen LogP contribution in [-0.4, -0.2) is 17.1 Å². The highest BCUT2D eigenvalue weighted by molar-refractivity contribution is 5.67. The van der Waals surface area contributed by atoms with Crippen LogP contribution in [0.5, 0.6) is 0 Å². The van der Waals surface area contributed by atoms with Crippen molar-refractivity contribution in [1.29, 1.82) is 0 Å². The minimum atomic E-state index is -1.30. The lowest BCUT2D eigenvalue weighted by atomic mass is 9.87. The molecule has 0 fully saturated rings. The number of carbonyl (C=O) groups is 1. The molecule has 2 atom stereocenters. The Morgan fingerprint density at radius 1 is 1.32 bits per heavy atom. The number of carboxylic acids is 1. The van der Waals surface area contributed by atoms with E-state index in [1.165, 1.54) is 6.08 Å². The summed E-state index contributed by atoms with van der Waals surface area (Å²) in [6.07, 6.45) is 1.18. The zero-order valence-corrected chi connectivity index (χ0v) is 10.1. The number of nitrogens with two attached hydrogens (primary N) is 1. The number of halogens is 3. The van der Waals surface area contributed by atoms with Gasteiger partial charge in [0.15, 0.2) is 11.6 Å². The molecule has 1 aromatic carbocycles. The normalized spacial score (nSPS) is 13.9. The van der Waals surface area contributed by atoms with Gasteiger partial charge in [-0.15, -0.1) is 6.58 Å². The lowest BCUT2D eigenvalue weighted by Gasteiger charge is -2.22. The molecule has 19 heavy (non-hydrogen) atoms. The first-order valence-electron chi connectivity index (χ1n) is 5.59. The molecule has 104 valence electrons. The Morgan fingerprint density at radius 2 is 1.89 bits per heavy atom. The number of hydrogen-bond acceptors (Lipinski definition) is 2. The maximum atomic E-state index is 13.7. The van der Waals surface area contributed by atoms with Gasteiger partial charge in [-0.25, -0.2) is 13.2 Å². The van der Waals surface area contributed by atoms with E-state index < -0.39 is 41.8 Å². The van der Waals surface area contributed by atoms with Crippen LogP contribution in [0.3, 0.4) is 0 Å². The average molecular weight is 273 g/mol. The van der Waals surface area contributed by atoms with E-state index in [0.29, 0.717) is 12.1 Å². The molecule has 0 saturated carbocycles. The van der Waals surface area contributed by atoms with Gasteiger partial charge in [0.05, 0.1) is 6.42 Å². The molecule has 1 aromatic rings. The molecule has 0 heterocycles. The smallest absolute Gasteiger partial charge is 0.304 e. The van der Waals surface area contributed by atoms with Gasteiger partial charge in [-0.1, -0.05) is 6.08 Å². The van der Waals surface area contributed by atoms with E-state index in [9.17, 15) is 18.0 Å². The molecule has 0 aliphatic heterocycles. The maximum absolute atomic E-state index is 13.7. The van der Waals surface area contributed by atoms with Crippen molar-refractivity contribution in [2.45, 2.75) is 24.8 Å². The van der Waals surface area contributed by atoms with Crippen LogP contribution in [0.2, 0.25) is 0 Å². The van der Waals surface area contributed by atoms with Gasteiger partial charge >= 0.3 is 5.97 Å². The second kappa shape index (κ2) is 6.38. The summed E-state index contributed by atoms with van der Waals surface area (Å²) in [4.78, 5) is 10.6. The van der Waals surface area contributed by atoms with Gasteiger partial charge in [0.25, 0.3) is 0 Å². The standard InChI is InChI=1S/C13H14F3NO2/c1-2-3-7(12(17)6-13(18)19)8-4-10(15)11(16)5-9(8)14/h2,4-5,7,12H,1,3,6,17H2,(H,18,19). The lowest BCUT2D eigenvalue weighted by molar-refractivity contribution is -0.137. The molecule has 0 saturated heterocycles. The predicted molar refractivity (Wildman–Crippen MR) is 64.1 cm³/mol. The molecule has 0 aromatic heterocycles. The Labute approximate surface area is 108 Å². The molecular weight excluding hydrogens is 259 g/mol. The van der Waals surface area contributed by atoms with Crippen LogP contribution >= 0.6 is 0 Å². The van der Waals surface area contributed by atoms with E-state index in [4.69, 9.17) is 10.8 Å². The van der Waals surface area contributed by atoms with Crippen molar-refractivity contribution >= 4 is 5.97 Å². The first kappa shape index (κ1) is 15.2. The predicted octanol–water partition coefficient (Wildman–Crippen LogP) is 2.57. The van der Waals surface area contributed by atoms with E-state index in [-0.39, 0.29) is 12.0 Å².